The monoisotopic (exact) mass is 490 g/mol. The number of amides is 1. The maximum Gasteiger partial charge on any atom is 0.414 e. The molecule has 1 saturated heterocycles. The van der Waals surface area contributed by atoms with Crippen LogP contribution in [0.3, 0.4) is 0 Å². The van der Waals surface area contributed by atoms with Crippen LogP contribution in [0.4, 0.5) is 5.69 Å². The molecule has 0 aliphatic carbocycles. The number of nitro groups is 1. The maximum atomic E-state index is 12.7. The van der Waals surface area contributed by atoms with E-state index in [-0.39, 0.29) is 12.6 Å². The minimum Gasteiger partial charge on any atom is -0.473 e. The standard InChI is InChI=1S/C16H24N4O6S.C2H2O4/c1-18(2)16(22)15-13(20(23)24)4-3-5-14(15)27(25,26)17-8-11-19-9-6-12(21)7-10-19;3-1(4)2(5)6/h3-5,12,17,21H,6-11H2,1-2H3;(H,3,4)(H,5,6). The Bertz CT molecular complexity index is 976. The molecule has 1 fully saturated rings. The summed E-state index contributed by atoms with van der Waals surface area (Å²) >= 11 is 0. The average molecular weight is 490 g/mol. The number of aliphatic hydroxyl groups is 1. The van der Waals surface area contributed by atoms with Crippen LogP contribution >= 0.6 is 0 Å². The second kappa shape index (κ2) is 12.2. The number of nitro benzene ring substituents is 1. The van der Waals surface area contributed by atoms with E-state index in [2.05, 4.69) is 4.72 Å². The number of hydrogen-bond donors (Lipinski definition) is 4. The van der Waals surface area contributed by atoms with Gasteiger partial charge in [-0.3, -0.25) is 14.9 Å². The first kappa shape index (κ1) is 27.9. The highest BCUT2D eigenvalue weighted by atomic mass is 32.2. The van der Waals surface area contributed by atoms with E-state index in [0.29, 0.717) is 32.5 Å². The van der Waals surface area contributed by atoms with Crippen molar-refractivity contribution in [2.45, 2.75) is 23.8 Å². The number of aliphatic carboxylic acids is 2. The third-order valence-corrected chi connectivity index (χ3v) is 6.07. The molecule has 1 amide bonds. The highest BCUT2D eigenvalue weighted by molar-refractivity contribution is 7.89. The van der Waals surface area contributed by atoms with Crippen molar-refractivity contribution in [3.8, 4) is 0 Å². The molecule has 0 atom stereocenters. The van der Waals surface area contributed by atoms with Gasteiger partial charge in [0.05, 0.1) is 11.0 Å². The number of nitrogens with one attached hydrogen (secondary N) is 1. The van der Waals surface area contributed by atoms with E-state index < -0.39 is 48.9 Å². The highest BCUT2D eigenvalue weighted by Crippen LogP contribution is 2.27. The molecule has 0 saturated carbocycles. The smallest absolute Gasteiger partial charge is 0.414 e. The van der Waals surface area contributed by atoms with E-state index in [0.717, 1.165) is 11.0 Å². The second-order valence-electron chi connectivity index (χ2n) is 7.19. The number of rotatable bonds is 7. The lowest BCUT2D eigenvalue weighted by molar-refractivity contribution is -0.385. The molecule has 4 N–H and O–H groups in total. The minimum atomic E-state index is -4.12. The van der Waals surface area contributed by atoms with E-state index in [1.165, 1.54) is 26.2 Å². The van der Waals surface area contributed by atoms with Crippen molar-refractivity contribution in [3.63, 3.8) is 0 Å². The molecule has 0 radical (unpaired) electrons. The zero-order valence-corrected chi connectivity index (χ0v) is 18.8. The van der Waals surface area contributed by atoms with Gasteiger partial charge in [0.25, 0.3) is 11.6 Å². The number of carboxylic acid groups (broad SMARTS) is 2. The van der Waals surface area contributed by atoms with Crippen LogP contribution in [0, 0.1) is 10.1 Å². The van der Waals surface area contributed by atoms with Gasteiger partial charge in [0.1, 0.15) is 10.5 Å². The summed E-state index contributed by atoms with van der Waals surface area (Å²) in [6, 6.07) is 3.53. The molecule has 1 aliphatic rings. The molecule has 1 aromatic rings. The van der Waals surface area contributed by atoms with Crippen molar-refractivity contribution in [3.05, 3.63) is 33.9 Å². The molecule has 14 nitrogen and oxygen atoms in total. The summed E-state index contributed by atoms with van der Waals surface area (Å²) in [5, 5.41) is 35.5. The quantitative estimate of drug-likeness (QED) is 0.211. The van der Waals surface area contributed by atoms with Crippen LogP contribution in [0.5, 0.6) is 0 Å². The van der Waals surface area contributed by atoms with E-state index in [1.807, 2.05) is 4.90 Å². The van der Waals surface area contributed by atoms with Crippen LogP contribution in [-0.2, 0) is 19.6 Å². The molecule has 15 heteroatoms. The lowest BCUT2D eigenvalue weighted by atomic mass is 10.1. The van der Waals surface area contributed by atoms with Gasteiger partial charge < -0.3 is 25.1 Å². The third kappa shape index (κ3) is 8.38. The number of likely N-dealkylation sites (tertiary alicyclic amines) is 1. The summed E-state index contributed by atoms with van der Waals surface area (Å²) in [6.45, 7) is 1.88. The molecule has 184 valence electrons. The van der Waals surface area contributed by atoms with Crippen LogP contribution in [-0.4, -0.2) is 103 Å². The molecular weight excluding hydrogens is 464 g/mol. The zero-order valence-electron chi connectivity index (χ0n) is 18.0. The number of nitrogens with zero attached hydrogens (tertiary/aromatic N) is 3. The largest absolute Gasteiger partial charge is 0.473 e. The van der Waals surface area contributed by atoms with Gasteiger partial charge in [-0.1, -0.05) is 6.07 Å². The van der Waals surface area contributed by atoms with E-state index >= 15 is 0 Å². The molecule has 1 aliphatic heterocycles. The third-order valence-electron chi connectivity index (χ3n) is 4.57. The second-order valence-corrected chi connectivity index (χ2v) is 8.92. The van der Waals surface area contributed by atoms with E-state index in [4.69, 9.17) is 19.8 Å². The molecule has 0 unspecified atom stereocenters. The van der Waals surface area contributed by atoms with Gasteiger partial charge in [0.15, 0.2) is 0 Å². The normalized spacial score (nSPS) is 14.6. The van der Waals surface area contributed by atoms with Crippen molar-refractivity contribution in [1.82, 2.24) is 14.5 Å². The summed E-state index contributed by atoms with van der Waals surface area (Å²) in [5.74, 6) is -4.40. The van der Waals surface area contributed by atoms with Gasteiger partial charge in [-0.25, -0.2) is 22.7 Å². The number of benzene rings is 1. The Kier molecular flexibility index (Phi) is 10.3. The zero-order chi connectivity index (χ0) is 25.3. The van der Waals surface area contributed by atoms with Gasteiger partial charge in [0, 0.05) is 46.3 Å². The van der Waals surface area contributed by atoms with Gasteiger partial charge in [0.2, 0.25) is 10.0 Å². The number of sulfonamides is 1. The predicted octanol–water partition coefficient (Wildman–Crippen LogP) is -0.813. The lowest BCUT2D eigenvalue weighted by Gasteiger charge is -2.29. The Morgan fingerprint density at radius 1 is 1.18 bits per heavy atom. The van der Waals surface area contributed by atoms with Gasteiger partial charge >= 0.3 is 11.9 Å². The summed E-state index contributed by atoms with van der Waals surface area (Å²) in [4.78, 5) is 43.8. The van der Waals surface area contributed by atoms with Gasteiger partial charge in [-0.05, 0) is 18.9 Å². The highest BCUT2D eigenvalue weighted by Gasteiger charge is 2.31. The Morgan fingerprint density at radius 2 is 1.73 bits per heavy atom. The fraction of sp³-hybridized carbons (Fsp3) is 0.500. The first-order valence-electron chi connectivity index (χ1n) is 9.63. The van der Waals surface area contributed by atoms with Crippen molar-refractivity contribution in [2.75, 3.05) is 40.3 Å². The molecular formula is C18H26N4O10S. The van der Waals surface area contributed by atoms with Crippen LogP contribution in [0.15, 0.2) is 23.1 Å². The van der Waals surface area contributed by atoms with Crippen LogP contribution in [0.2, 0.25) is 0 Å². The fourth-order valence-electron chi connectivity index (χ4n) is 2.89. The fourth-order valence-corrected chi connectivity index (χ4v) is 4.13. The first-order valence-corrected chi connectivity index (χ1v) is 11.1. The SMILES string of the molecule is CN(C)C(=O)c1c([N+](=O)[O-])cccc1S(=O)(=O)NCCN1CCC(O)CC1.O=C(O)C(=O)O. The summed E-state index contributed by atoms with van der Waals surface area (Å²) in [6.07, 6.45) is 0.959. The number of carboxylic acids is 2. The Balaban J connectivity index is 0.000000801. The lowest BCUT2D eigenvalue weighted by Crippen LogP contribution is -2.41. The van der Waals surface area contributed by atoms with Gasteiger partial charge in [-0.15, -0.1) is 0 Å². The molecule has 1 heterocycles. The summed E-state index contributed by atoms with van der Waals surface area (Å²) in [7, 11) is -1.32. The van der Waals surface area contributed by atoms with Crippen LogP contribution in [0.1, 0.15) is 23.2 Å². The Labute approximate surface area is 189 Å². The van der Waals surface area contributed by atoms with Crippen LogP contribution < -0.4 is 4.72 Å². The van der Waals surface area contributed by atoms with E-state index in [9.17, 15) is 28.4 Å². The molecule has 0 aromatic heterocycles. The van der Waals surface area contributed by atoms with Crippen molar-refractivity contribution in [2.24, 2.45) is 0 Å². The molecule has 0 bridgehead atoms. The summed E-state index contributed by atoms with van der Waals surface area (Å²) < 4.78 is 27.8. The van der Waals surface area contributed by atoms with Crippen molar-refractivity contribution >= 4 is 33.6 Å². The number of carbonyl (C=O) groups is 3. The maximum absolute atomic E-state index is 12.7. The van der Waals surface area contributed by atoms with E-state index in [1.54, 1.807) is 0 Å². The summed E-state index contributed by atoms with van der Waals surface area (Å²) in [5.41, 5.74) is -1.01. The predicted molar refractivity (Wildman–Crippen MR) is 113 cm³/mol. The average Bonchev–Trinajstić information content (AvgIpc) is 2.74. The number of aliphatic hydroxyl groups excluding tert-OH is 1. The van der Waals surface area contributed by atoms with Crippen LogP contribution in [0.25, 0.3) is 0 Å². The number of piperidine rings is 1. The number of carbonyl (C=O) groups excluding carboxylic acids is 1. The van der Waals surface area contributed by atoms with Gasteiger partial charge in [-0.2, -0.15) is 0 Å². The Hall–Kier alpha value is -3.14. The van der Waals surface area contributed by atoms with Crippen molar-refractivity contribution in [1.29, 1.82) is 0 Å². The first-order chi connectivity index (χ1) is 15.3. The molecule has 0 spiro atoms. The van der Waals surface area contributed by atoms with Crippen molar-refractivity contribution < 1.29 is 43.0 Å². The topological polar surface area (TPSA) is 208 Å². The minimum absolute atomic E-state index is 0.0940. The molecule has 33 heavy (non-hydrogen) atoms. The molecule has 2 rings (SSSR count). The number of hydrogen-bond acceptors (Lipinski definition) is 9. The molecule has 1 aromatic carbocycles. The Morgan fingerprint density at radius 3 is 2.18 bits per heavy atom.